The van der Waals surface area contributed by atoms with E-state index in [2.05, 4.69) is 15.1 Å². The lowest BCUT2D eigenvalue weighted by molar-refractivity contribution is -0.137. The summed E-state index contributed by atoms with van der Waals surface area (Å²) < 4.78 is 39.6. The normalized spacial score (nSPS) is 15.7. The van der Waals surface area contributed by atoms with Crippen LogP contribution in [0.1, 0.15) is 15.9 Å². The molecular formula is C19H19ClF3N3O. The van der Waals surface area contributed by atoms with Gasteiger partial charge in [0.15, 0.2) is 0 Å². The average molecular weight is 398 g/mol. The molecule has 1 aliphatic rings. The molecule has 0 aliphatic carbocycles. The third-order valence-electron chi connectivity index (χ3n) is 4.53. The van der Waals surface area contributed by atoms with Gasteiger partial charge < -0.3 is 15.1 Å². The molecule has 1 aliphatic heterocycles. The number of carbonyl (C=O) groups excluding carboxylic acids is 1. The summed E-state index contributed by atoms with van der Waals surface area (Å²) in [4.78, 5) is 16.9. The summed E-state index contributed by atoms with van der Waals surface area (Å²) in [5.41, 5.74) is -0.251. The number of benzene rings is 2. The number of hydrogen-bond acceptors (Lipinski definition) is 3. The number of alkyl halides is 3. The number of hydrogen-bond donors (Lipinski definition) is 1. The first-order chi connectivity index (χ1) is 12.8. The van der Waals surface area contributed by atoms with E-state index in [0.717, 1.165) is 44.0 Å². The molecule has 1 saturated heterocycles. The lowest BCUT2D eigenvalue weighted by atomic mass is 10.1. The van der Waals surface area contributed by atoms with Crippen LogP contribution in [0.3, 0.4) is 0 Å². The Morgan fingerprint density at radius 1 is 1.07 bits per heavy atom. The number of likely N-dealkylation sites (N-methyl/N-ethyl adjacent to an activating group) is 1. The fourth-order valence-electron chi connectivity index (χ4n) is 3.05. The number of carbonyl (C=O) groups is 1. The first kappa shape index (κ1) is 19.5. The zero-order valence-electron chi connectivity index (χ0n) is 14.7. The first-order valence-electron chi connectivity index (χ1n) is 8.46. The quantitative estimate of drug-likeness (QED) is 0.835. The fourth-order valence-corrected chi connectivity index (χ4v) is 3.22. The van der Waals surface area contributed by atoms with E-state index in [9.17, 15) is 18.0 Å². The monoisotopic (exact) mass is 397 g/mol. The summed E-state index contributed by atoms with van der Waals surface area (Å²) >= 11 is 6.05. The highest BCUT2D eigenvalue weighted by Crippen LogP contribution is 2.34. The minimum Gasteiger partial charge on any atom is -0.367 e. The minimum atomic E-state index is -4.61. The highest BCUT2D eigenvalue weighted by molar-refractivity contribution is 6.31. The predicted molar refractivity (Wildman–Crippen MR) is 101 cm³/mol. The molecule has 144 valence electrons. The third kappa shape index (κ3) is 4.54. The molecule has 0 saturated carbocycles. The van der Waals surface area contributed by atoms with Crippen LogP contribution in [0.25, 0.3) is 0 Å². The van der Waals surface area contributed by atoms with Gasteiger partial charge in [0, 0.05) is 31.2 Å². The zero-order chi connectivity index (χ0) is 19.6. The Balaban J connectivity index is 1.90. The highest BCUT2D eigenvalue weighted by Gasteiger charge is 2.35. The predicted octanol–water partition coefficient (Wildman–Crippen LogP) is 4.36. The van der Waals surface area contributed by atoms with Crippen molar-refractivity contribution in [3.05, 3.63) is 58.6 Å². The van der Waals surface area contributed by atoms with Crippen LogP contribution in [-0.2, 0) is 6.18 Å². The van der Waals surface area contributed by atoms with Crippen molar-refractivity contribution in [1.29, 1.82) is 0 Å². The molecule has 1 amide bonds. The number of nitrogens with one attached hydrogen (secondary N) is 1. The Kier molecular flexibility index (Phi) is 5.62. The molecule has 0 bridgehead atoms. The number of amides is 1. The van der Waals surface area contributed by atoms with E-state index >= 15 is 0 Å². The molecule has 2 aromatic rings. The first-order valence-corrected chi connectivity index (χ1v) is 8.84. The minimum absolute atomic E-state index is 0.396. The molecular weight excluding hydrogens is 379 g/mol. The van der Waals surface area contributed by atoms with Gasteiger partial charge in [-0.25, -0.2) is 0 Å². The fraction of sp³-hybridized carbons (Fsp3) is 0.316. The van der Waals surface area contributed by atoms with E-state index < -0.39 is 23.2 Å². The van der Waals surface area contributed by atoms with Gasteiger partial charge in [0.2, 0.25) is 0 Å². The second-order valence-electron chi connectivity index (χ2n) is 6.45. The molecule has 0 atom stereocenters. The second kappa shape index (κ2) is 7.78. The maximum absolute atomic E-state index is 13.2. The molecule has 0 radical (unpaired) electrons. The van der Waals surface area contributed by atoms with E-state index in [4.69, 9.17) is 11.6 Å². The molecule has 8 heteroatoms. The van der Waals surface area contributed by atoms with Gasteiger partial charge in [0.25, 0.3) is 5.91 Å². The van der Waals surface area contributed by atoms with Crippen molar-refractivity contribution in [3.8, 4) is 0 Å². The summed E-state index contributed by atoms with van der Waals surface area (Å²) in [6.07, 6.45) is -4.61. The van der Waals surface area contributed by atoms with E-state index in [0.29, 0.717) is 10.7 Å². The summed E-state index contributed by atoms with van der Waals surface area (Å²) in [7, 11) is 2.02. The van der Waals surface area contributed by atoms with Gasteiger partial charge in [-0.15, -0.1) is 0 Å². The van der Waals surface area contributed by atoms with Crippen molar-refractivity contribution in [1.82, 2.24) is 4.90 Å². The van der Waals surface area contributed by atoms with Gasteiger partial charge in [0.05, 0.1) is 22.5 Å². The Labute approximate surface area is 160 Å². The maximum atomic E-state index is 13.2. The Morgan fingerprint density at radius 2 is 1.74 bits per heavy atom. The number of anilines is 2. The maximum Gasteiger partial charge on any atom is 0.417 e. The van der Waals surface area contributed by atoms with E-state index in [1.165, 1.54) is 12.1 Å². The summed E-state index contributed by atoms with van der Waals surface area (Å²) in [5, 5.41) is 3.01. The average Bonchev–Trinajstić information content (AvgIpc) is 2.62. The van der Waals surface area contributed by atoms with Crippen LogP contribution in [0, 0.1) is 0 Å². The van der Waals surface area contributed by atoms with Crippen LogP contribution < -0.4 is 10.2 Å². The SMILES string of the molecule is CN1CCN(c2ccc(Cl)cc2NC(=O)c2ccccc2C(F)(F)F)CC1. The largest absolute Gasteiger partial charge is 0.417 e. The van der Waals surface area contributed by atoms with E-state index in [1.807, 2.05) is 7.05 Å². The molecule has 0 spiro atoms. The van der Waals surface area contributed by atoms with E-state index in [1.54, 1.807) is 18.2 Å². The molecule has 3 rings (SSSR count). The van der Waals surface area contributed by atoms with Crippen LogP contribution in [0.4, 0.5) is 24.5 Å². The number of rotatable bonds is 3. The Morgan fingerprint density at radius 3 is 2.41 bits per heavy atom. The molecule has 4 nitrogen and oxygen atoms in total. The van der Waals surface area contributed by atoms with Crippen LogP contribution >= 0.6 is 11.6 Å². The van der Waals surface area contributed by atoms with Crippen molar-refractivity contribution in [2.75, 3.05) is 43.4 Å². The molecule has 0 aromatic heterocycles. The summed E-state index contributed by atoms with van der Waals surface area (Å²) in [6.45, 7) is 3.21. The smallest absolute Gasteiger partial charge is 0.367 e. The van der Waals surface area contributed by atoms with Crippen molar-refractivity contribution in [2.24, 2.45) is 0 Å². The van der Waals surface area contributed by atoms with Crippen molar-refractivity contribution in [2.45, 2.75) is 6.18 Å². The van der Waals surface area contributed by atoms with Gasteiger partial charge in [-0.2, -0.15) is 13.2 Å². The van der Waals surface area contributed by atoms with Gasteiger partial charge >= 0.3 is 6.18 Å². The van der Waals surface area contributed by atoms with E-state index in [-0.39, 0.29) is 0 Å². The lowest BCUT2D eigenvalue weighted by Gasteiger charge is -2.35. The van der Waals surface area contributed by atoms with Crippen molar-refractivity contribution < 1.29 is 18.0 Å². The van der Waals surface area contributed by atoms with Gasteiger partial charge in [-0.05, 0) is 37.4 Å². The topological polar surface area (TPSA) is 35.6 Å². The summed E-state index contributed by atoms with van der Waals surface area (Å²) in [6, 6.07) is 9.77. The van der Waals surface area contributed by atoms with Gasteiger partial charge in [-0.1, -0.05) is 23.7 Å². The lowest BCUT2D eigenvalue weighted by Crippen LogP contribution is -2.44. The molecule has 27 heavy (non-hydrogen) atoms. The Bertz CT molecular complexity index is 833. The molecule has 1 heterocycles. The Hall–Kier alpha value is -2.25. The molecule has 2 aromatic carbocycles. The number of nitrogens with zero attached hydrogens (tertiary/aromatic N) is 2. The van der Waals surface area contributed by atoms with Crippen molar-refractivity contribution >= 4 is 28.9 Å². The highest BCUT2D eigenvalue weighted by atomic mass is 35.5. The molecule has 0 unspecified atom stereocenters. The van der Waals surface area contributed by atoms with Crippen LogP contribution in [0.5, 0.6) is 0 Å². The van der Waals surface area contributed by atoms with Crippen LogP contribution in [0.2, 0.25) is 5.02 Å². The standard InChI is InChI=1S/C19H19ClF3N3O/c1-25-8-10-26(11-9-25)17-7-6-13(20)12-16(17)24-18(27)14-4-2-3-5-15(14)19(21,22)23/h2-7,12H,8-11H2,1H3,(H,24,27). The van der Waals surface area contributed by atoms with Crippen LogP contribution in [0.15, 0.2) is 42.5 Å². The zero-order valence-corrected chi connectivity index (χ0v) is 15.4. The van der Waals surface area contributed by atoms with Gasteiger partial charge in [0.1, 0.15) is 0 Å². The summed E-state index contributed by atoms with van der Waals surface area (Å²) in [5.74, 6) is -0.819. The molecule has 1 N–H and O–H groups in total. The number of piperazine rings is 1. The van der Waals surface area contributed by atoms with Gasteiger partial charge in [-0.3, -0.25) is 4.79 Å². The van der Waals surface area contributed by atoms with Crippen molar-refractivity contribution in [3.63, 3.8) is 0 Å². The molecule has 1 fully saturated rings. The number of halogens is 4. The second-order valence-corrected chi connectivity index (χ2v) is 6.89. The third-order valence-corrected chi connectivity index (χ3v) is 4.76. The van der Waals surface area contributed by atoms with Crippen LogP contribution in [-0.4, -0.2) is 44.0 Å².